The lowest BCUT2D eigenvalue weighted by molar-refractivity contribution is -0.511. The van der Waals surface area contributed by atoms with Crippen molar-refractivity contribution >= 4 is 6.21 Å². The van der Waals surface area contributed by atoms with E-state index in [0.29, 0.717) is 5.92 Å². The van der Waals surface area contributed by atoms with E-state index in [9.17, 15) is 5.11 Å². The Kier molecular flexibility index (Phi) is 5.49. The zero-order valence-electron chi connectivity index (χ0n) is 12.8. The van der Waals surface area contributed by atoms with E-state index in [4.69, 9.17) is 5.26 Å². The third kappa shape index (κ3) is 4.38. The van der Waals surface area contributed by atoms with Crippen molar-refractivity contribution in [1.29, 1.82) is 5.26 Å². The molecule has 3 atom stereocenters. The van der Waals surface area contributed by atoms with Crippen LogP contribution in [-0.4, -0.2) is 35.2 Å². The lowest BCUT2D eigenvalue weighted by Crippen LogP contribution is -2.44. The molecule has 112 valence electrons. The van der Waals surface area contributed by atoms with Crippen molar-refractivity contribution in [1.82, 2.24) is 5.32 Å². The van der Waals surface area contributed by atoms with E-state index in [1.54, 1.807) is 0 Å². The zero-order chi connectivity index (χ0) is 15.2. The molecule has 4 nitrogen and oxygen atoms in total. The first-order valence-corrected chi connectivity index (χ1v) is 7.50. The summed E-state index contributed by atoms with van der Waals surface area (Å²) in [6, 6.07) is 2.29. The van der Waals surface area contributed by atoms with Gasteiger partial charge in [-0.25, -0.2) is 0 Å². The quantitative estimate of drug-likeness (QED) is 0.759. The highest BCUT2D eigenvalue weighted by Gasteiger charge is 2.25. The number of rotatable bonds is 5. The number of allylic oxidation sites excluding steroid dienone is 4. The second kappa shape index (κ2) is 7.35. The van der Waals surface area contributed by atoms with Gasteiger partial charge in [0.2, 0.25) is 6.17 Å². The molecule has 0 aromatic rings. The molecule has 0 fully saturated rings. The predicted molar refractivity (Wildman–Crippen MR) is 83.7 cm³/mol. The standard InChI is InChI=1S/C17H24N3O/c1-13-4-3-5-15(6-13)9-19-17(12-21)20-10-14(2)7-16(8-18)11-20/h3-5,10-11,15-17,19,21H,6-7,9,12H2,1-2H3/q+1. The second-order valence-corrected chi connectivity index (χ2v) is 5.98. The topological polar surface area (TPSA) is 59.1 Å². The molecular weight excluding hydrogens is 262 g/mol. The summed E-state index contributed by atoms with van der Waals surface area (Å²) < 4.78 is 1.95. The molecule has 0 aromatic carbocycles. The number of nitriles is 1. The summed E-state index contributed by atoms with van der Waals surface area (Å²) in [4.78, 5) is 0. The van der Waals surface area contributed by atoms with E-state index in [-0.39, 0.29) is 18.7 Å². The summed E-state index contributed by atoms with van der Waals surface area (Å²) in [5.41, 5.74) is 2.55. The largest absolute Gasteiger partial charge is 0.388 e. The molecule has 1 aliphatic heterocycles. The van der Waals surface area contributed by atoms with Gasteiger partial charge in [-0.15, -0.1) is 0 Å². The van der Waals surface area contributed by atoms with Crippen LogP contribution in [0, 0.1) is 23.2 Å². The SMILES string of the molecule is CC1=C[N+](C(CO)NCC2C=CC=C(C)C2)=CC(C#N)C1. The van der Waals surface area contributed by atoms with E-state index in [1.165, 1.54) is 11.1 Å². The van der Waals surface area contributed by atoms with Gasteiger partial charge in [-0.3, -0.25) is 5.32 Å². The van der Waals surface area contributed by atoms with Gasteiger partial charge in [0.05, 0.1) is 6.07 Å². The summed E-state index contributed by atoms with van der Waals surface area (Å²) >= 11 is 0. The summed E-state index contributed by atoms with van der Waals surface area (Å²) in [6.45, 7) is 5.00. The third-order valence-corrected chi connectivity index (χ3v) is 3.93. The van der Waals surface area contributed by atoms with Crippen molar-refractivity contribution in [2.24, 2.45) is 11.8 Å². The van der Waals surface area contributed by atoms with Crippen molar-refractivity contribution < 1.29 is 9.68 Å². The van der Waals surface area contributed by atoms with Gasteiger partial charge in [-0.2, -0.15) is 9.84 Å². The minimum atomic E-state index is -0.171. The maximum Gasteiger partial charge on any atom is 0.234 e. The van der Waals surface area contributed by atoms with Crippen LogP contribution in [0.3, 0.4) is 0 Å². The Balaban J connectivity index is 1.97. The van der Waals surface area contributed by atoms with Crippen LogP contribution in [0.5, 0.6) is 0 Å². The van der Waals surface area contributed by atoms with Gasteiger partial charge in [0.25, 0.3) is 0 Å². The average Bonchev–Trinajstić information content (AvgIpc) is 2.47. The van der Waals surface area contributed by atoms with Crippen LogP contribution in [0.1, 0.15) is 26.7 Å². The fourth-order valence-electron chi connectivity index (χ4n) is 2.85. The van der Waals surface area contributed by atoms with E-state index < -0.39 is 0 Å². The van der Waals surface area contributed by atoms with Gasteiger partial charge < -0.3 is 5.11 Å². The maximum absolute atomic E-state index is 9.64. The molecule has 0 saturated carbocycles. The van der Waals surface area contributed by atoms with Gasteiger partial charge in [0, 0.05) is 6.54 Å². The molecule has 21 heavy (non-hydrogen) atoms. The van der Waals surface area contributed by atoms with Crippen LogP contribution < -0.4 is 5.32 Å². The molecule has 0 saturated heterocycles. The molecule has 0 radical (unpaired) electrons. The molecule has 4 heteroatoms. The van der Waals surface area contributed by atoms with Gasteiger partial charge in [-0.1, -0.05) is 23.8 Å². The minimum Gasteiger partial charge on any atom is -0.388 e. The summed E-state index contributed by atoms with van der Waals surface area (Å²) in [6.07, 6.45) is 12.0. The summed E-state index contributed by atoms with van der Waals surface area (Å²) in [7, 11) is 0. The zero-order valence-corrected chi connectivity index (χ0v) is 12.8. The number of nitrogens with one attached hydrogen (secondary N) is 1. The summed E-state index contributed by atoms with van der Waals surface area (Å²) in [5, 5.41) is 22.2. The lowest BCUT2D eigenvalue weighted by Gasteiger charge is -2.21. The second-order valence-electron chi connectivity index (χ2n) is 5.98. The van der Waals surface area contributed by atoms with Crippen LogP contribution in [-0.2, 0) is 0 Å². The molecule has 2 rings (SSSR count). The first-order chi connectivity index (χ1) is 10.1. The molecule has 2 aliphatic rings. The van der Waals surface area contributed by atoms with Crippen molar-refractivity contribution in [3.63, 3.8) is 0 Å². The van der Waals surface area contributed by atoms with E-state index in [1.807, 2.05) is 23.9 Å². The summed E-state index contributed by atoms with van der Waals surface area (Å²) in [5.74, 6) is 0.358. The van der Waals surface area contributed by atoms with Crippen LogP contribution >= 0.6 is 0 Å². The fraction of sp³-hybridized carbons (Fsp3) is 0.529. The highest BCUT2D eigenvalue weighted by Crippen LogP contribution is 2.18. The molecule has 0 amide bonds. The third-order valence-electron chi connectivity index (χ3n) is 3.93. The van der Waals surface area contributed by atoms with Gasteiger partial charge in [0.15, 0.2) is 12.4 Å². The van der Waals surface area contributed by atoms with Crippen LogP contribution in [0.4, 0.5) is 0 Å². The van der Waals surface area contributed by atoms with Gasteiger partial charge in [0.1, 0.15) is 12.5 Å². The number of hydrogen-bond acceptors (Lipinski definition) is 3. The maximum atomic E-state index is 9.64. The highest BCUT2D eigenvalue weighted by atomic mass is 16.3. The Bertz CT molecular complexity index is 537. The number of nitrogens with zero attached hydrogens (tertiary/aromatic N) is 2. The van der Waals surface area contributed by atoms with E-state index in [0.717, 1.165) is 19.4 Å². The lowest BCUT2D eigenvalue weighted by atomic mass is 9.95. The molecule has 1 aliphatic carbocycles. The fourth-order valence-corrected chi connectivity index (χ4v) is 2.85. The van der Waals surface area contributed by atoms with Crippen molar-refractivity contribution in [3.8, 4) is 6.07 Å². The molecule has 2 N–H and O–H groups in total. The average molecular weight is 286 g/mol. The van der Waals surface area contributed by atoms with Crippen molar-refractivity contribution in [3.05, 3.63) is 35.6 Å². The normalized spacial score (nSPS) is 26.5. The molecule has 0 aromatic heterocycles. The van der Waals surface area contributed by atoms with E-state index >= 15 is 0 Å². The number of aliphatic hydroxyl groups excluding tert-OH is 1. The Labute approximate surface area is 126 Å². The minimum absolute atomic E-state index is 0.0175. The molecule has 0 bridgehead atoms. The van der Waals surface area contributed by atoms with Crippen molar-refractivity contribution in [2.75, 3.05) is 13.2 Å². The van der Waals surface area contributed by atoms with Crippen LogP contribution in [0.2, 0.25) is 0 Å². The van der Waals surface area contributed by atoms with Crippen molar-refractivity contribution in [2.45, 2.75) is 32.9 Å². The first kappa shape index (κ1) is 15.7. The van der Waals surface area contributed by atoms with Gasteiger partial charge >= 0.3 is 0 Å². The number of aliphatic hydroxyl groups is 1. The smallest absolute Gasteiger partial charge is 0.234 e. The molecule has 3 unspecified atom stereocenters. The predicted octanol–water partition coefficient (Wildman–Crippen LogP) is 1.95. The molecular formula is C17H24N3O+. The monoisotopic (exact) mass is 286 g/mol. The molecule has 0 spiro atoms. The Hall–Kier alpha value is -1.70. The van der Waals surface area contributed by atoms with Crippen LogP contribution in [0.15, 0.2) is 35.6 Å². The Morgan fingerprint density at radius 3 is 2.90 bits per heavy atom. The van der Waals surface area contributed by atoms with E-state index in [2.05, 4.69) is 36.5 Å². The highest BCUT2D eigenvalue weighted by molar-refractivity contribution is 5.61. The Morgan fingerprint density at radius 1 is 1.43 bits per heavy atom. The Morgan fingerprint density at radius 2 is 2.24 bits per heavy atom. The van der Waals surface area contributed by atoms with Crippen LogP contribution in [0.25, 0.3) is 0 Å². The number of hydrogen-bond donors (Lipinski definition) is 2. The van der Waals surface area contributed by atoms with Gasteiger partial charge in [-0.05, 0) is 38.2 Å². The first-order valence-electron chi connectivity index (χ1n) is 7.50. The molecule has 1 heterocycles.